The Bertz CT molecular complexity index is 887. The Morgan fingerprint density at radius 2 is 1.85 bits per heavy atom. The van der Waals surface area contributed by atoms with Crippen LogP contribution in [0.2, 0.25) is 0 Å². The van der Waals surface area contributed by atoms with Crippen LogP contribution in [0, 0.1) is 35.0 Å². The largest absolute Gasteiger partial charge is 0.480 e. The van der Waals surface area contributed by atoms with E-state index < -0.39 is 12.0 Å². The van der Waals surface area contributed by atoms with Gasteiger partial charge in [-0.15, -0.1) is 0 Å². The van der Waals surface area contributed by atoms with E-state index >= 15 is 0 Å². The minimum atomic E-state index is -0.743. The van der Waals surface area contributed by atoms with Crippen molar-refractivity contribution in [1.82, 2.24) is 15.3 Å². The number of ether oxygens (including phenoxy) is 1. The maximum absolute atomic E-state index is 11.4. The van der Waals surface area contributed by atoms with Gasteiger partial charge in [0.2, 0.25) is 11.8 Å². The first kappa shape index (κ1) is 21.4. The lowest BCUT2D eigenvalue weighted by Gasteiger charge is -2.55. The SMILES string of the molecule is CC(Oc1cc(N2CCC3(CC2)CN[C@H](C(=O)O)C3)nc(N)n1)C1C2CC3CC(C2)CC1C3. The molecule has 7 rings (SSSR count). The van der Waals surface area contributed by atoms with Gasteiger partial charge in [0.05, 0.1) is 0 Å². The number of nitrogens with one attached hydrogen (secondary N) is 1. The number of anilines is 2. The van der Waals surface area contributed by atoms with E-state index in [0.29, 0.717) is 18.2 Å². The van der Waals surface area contributed by atoms with E-state index in [-0.39, 0.29) is 17.5 Å². The monoisotopic (exact) mass is 455 g/mol. The minimum absolute atomic E-state index is 0.0748. The maximum Gasteiger partial charge on any atom is 0.320 e. The number of aliphatic carboxylic acids is 1. The first-order valence-corrected chi connectivity index (χ1v) is 12.9. The van der Waals surface area contributed by atoms with Crippen molar-refractivity contribution in [3.8, 4) is 5.88 Å². The zero-order valence-electron chi connectivity index (χ0n) is 19.6. The zero-order valence-corrected chi connectivity index (χ0v) is 19.6. The Hall–Kier alpha value is -2.09. The van der Waals surface area contributed by atoms with Gasteiger partial charge >= 0.3 is 5.97 Å². The van der Waals surface area contributed by atoms with E-state index in [9.17, 15) is 9.90 Å². The highest BCUT2D eigenvalue weighted by molar-refractivity contribution is 5.74. The molecule has 8 nitrogen and oxygen atoms in total. The molecule has 0 aromatic carbocycles. The van der Waals surface area contributed by atoms with Gasteiger partial charge in [-0.1, -0.05) is 0 Å². The van der Waals surface area contributed by atoms with Crippen molar-refractivity contribution in [3.63, 3.8) is 0 Å². The molecule has 4 saturated carbocycles. The molecule has 1 aromatic rings. The summed E-state index contributed by atoms with van der Waals surface area (Å²) in [5.41, 5.74) is 6.17. The van der Waals surface area contributed by atoms with Crippen LogP contribution in [0.4, 0.5) is 11.8 Å². The fourth-order valence-corrected chi connectivity index (χ4v) is 8.34. The van der Waals surface area contributed by atoms with Gasteiger partial charge in [-0.05, 0) is 87.4 Å². The maximum atomic E-state index is 11.4. The molecule has 1 unspecified atom stereocenters. The summed E-state index contributed by atoms with van der Waals surface area (Å²) >= 11 is 0. The van der Waals surface area contributed by atoms with Crippen LogP contribution in [-0.4, -0.2) is 52.8 Å². The van der Waals surface area contributed by atoms with Crippen LogP contribution in [-0.2, 0) is 4.79 Å². The number of piperidine rings is 1. The van der Waals surface area contributed by atoms with Gasteiger partial charge in [0.15, 0.2) is 0 Å². The molecule has 4 bridgehead atoms. The Labute approximate surface area is 195 Å². The first-order valence-electron chi connectivity index (χ1n) is 12.9. The molecule has 2 saturated heterocycles. The fourth-order valence-electron chi connectivity index (χ4n) is 8.34. The standard InChI is InChI=1S/C25H37N5O3/c1-14(22-17-7-15-6-16(9-17)10-18(22)8-15)33-21-11-20(28-24(26)29-21)30-4-2-25(3-5-30)12-19(23(31)32)27-13-25/h11,14-19,22,27H,2-10,12-13H2,1H3,(H,31,32)(H2,26,28,29)/t14?,15?,16?,17?,18?,19-,22?/m0/s1. The summed E-state index contributed by atoms with van der Waals surface area (Å²) in [6.07, 6.45) is 9.76. The second-order valence-electron chi connectivity index (χ2n) is 11.7. The molecule has 4 N–H and O–H groups in total. The third-order valence-corrected chi connectivity index (χ3v) is 9.66. The number of hydrogen-bond donors (Lipinski definition) is 3. The highest BCUT2D eigenvalue weighted by Gasteiger charge is 2.50. The van der Waals surface area contributed by atoms with Crippen LogP contribution in [0.15, 0.2) is 6.07 Å². The number of nitrogens with two attached hydrogens (primary N) is 1. The van der Waals surface area contributed by atoms with Crippen molar-refractivity contribution in [2.24, 2.45) is 35.0 Å². The molecule has 33 heavy (non-hydrogen) atoms. The predicted molar refractivity (Wildman–Crippen MR) is 125 cm³/mol. The van der Waals surface area contributed by atoms with Crippen molar-refractivity contribution in [3.05, 3.63) is 6.07 Å². The van der Waals surface area contributed by atoms with Crippen molar-refractivity contribution >= 4 is 17.7 Å². The third kappa shape index (κ3) is 3.94. The lowest BCUT2D eigenvalue weighted by Crippen LogP contribution is -2.50. The Balaban J connectivity index is 1.12. The normalized spacial score (nSPS) is 37.4. The third-order valence-electron chi connectivity index (χ3n) is 9.66. The number of rotatable bonds is 5. The number of carboxylic acids is 1. The van der Waals surface area contributed by atoms with Crippen molar-refractivity contribution in [1.29, 1.82) is 0 Å². The second-order valence-corrected chi connectivity index (χ2v) is 11.7. The summed E-state index contributed by atoms with van der Waals surface area (Å²) in [5.74, 6) is 5.09. The molecule has 6 aliphatic rings. The molecule has 6 fully saturated rings. The molecule has 0 amide bonds. The Kier molecular flexibility index (Phi) is 5.20. The van der Waals surface area contributed by atoms with Gasteiger partial charge in [-0.25, -0.2) is 0 Å². The Morgan fingerprint density at radius 1 is 1.18 bits per heavy atom. The summed E-state index contributed by atoms with van der Waals surface area (Å²) < 4.78 is 6.45. The lowest BCUT2D eigenvalue weighted by molar-refractivity contribution is -0.139. The van der Waals surface area contributed by atoms with E-state index in [1.54, 1.807) is 0 Å². The summed E-state index contributed by atoms with van der Waals surface area (Å²) in [6.45, 7) is 4.69. The number of carbonyl (C=O) groups is 1. The topological polar surface area (TPSA) is 114 Å². The molecular formula is C25H37N5O3. The van der Waals surface area contributed by atoms with Crippen LogP contribution in [0.3, 0.4) is 0 Å². The van der Waals surface area contributed by atoms with Crippen molar-refractivity contribution in [2.75, 3.05) is 30.3 Å². The van der Waals surface area contributed by atoms with Gasteiger partial charge in [0, 0.05) is 31.6 Å². The van der Waals surface area contributed by atoms with Gasteiger partial charge in [-0.3, -0.25) is 4.79 Å². The van der Waals surface area contributed by atoms with Crippen LogP contribution >= 0.6 is 0 Å². The van der Waals surface area contributed by atoms with E-state index in [2.05, 4.69) is 27.1 Å². The van der Waals surface area contributed by atoms with Crippen molar-refractivity contribution < 1.29 is 14.6 Å². The predicted octanol–water partition coefficient (Wildman–Crippen LogP) is 2.93. The molecule has 1 spiro atoms. The lowest BCUT2D eigenvalue weighted by atomic mass is 9.51. The average Bonchev–Trinajstić information content (AvgIpc) is 3.17. The van der Waals surface area contributed by atoms with Gasteiger partial charge < -0.3 is 25.8 Å². The number of aromatic nitrogens is 2. The van der Waals surface area contributed by atoms with Crippen LogP contribution in [0.1, 0.15) is 58.3 Å². The molecule has 8 heteroatoms. The number of carboxylic acid groups (broad SMARTS) is 1. The Morgan fingerprint density at radius 3 is 2.45 bits per heavy atom. The zero-order chi connectivity index (χ0) is 22.7. The smallest absolute Gasteiger partial charge is 0.320 e. The quantitative estimate of drug-likeness (QED) is 0.621. The molecule has 2 aliphatic heterocycles. The second kappa shape index (κ2) is 8.00. The van der Waals surface area contributed by atoms with Gasteiger partial charge in [-0.2, -0.15) is 9.97 Å². The van der Waals surface area contributed by atoms with E-state index in [0.717, 1.165) is 62.0 Å². The fraction of sp³-hybridized carbons (Fsp3) is 0.800. The molecular weight excluding hydrogens is 418 g/mol. The first-order chi connectivity index (χ1) is 15.9. The average molecular weight is 456 g/mol. The van der Waals surface area contributed by atoms with Crippen LogP contribution < -0.4 is 20.7 Å². The molecule has 0 radical (unpaired) electrons. The summed E-state index contributed by atoms with van der Waals surface area (Å²) in [4.78, 5) is 22.5. The van der Waals surface area contributed by atoms with E-state index in [1.807, 2.05) is 6.07 Å². The summed E-state index contributed by atoms with van der Waals surface area (Å²) in [6, 6.07) is 1.53. The molecule has 2 atom stereocenters. The van der Waals surface area contributed by atoms with E-state index in [4.69, 9.17) is 10.5 Å². The highest BCUT2D eigenvalue weighted by Crippen LogP contribution is 2.57. The van der Waals surface area contributed by atoms with E-state index in [1.165, 1.54) is 32.1 Å². The molecule has 4 aliphatic carbocycles. The summed E-state index contributed by atoms with van der Waals surface area (Å²) in [5, 5.41) is 12.5. The van der Waals surface area contributed by atoms with Gasteiger partial charge in [0.1, 0.15) is 18.0 Å². The van der Waals surface area contributed by atoms with Crippen LogP contribution in [0.25, 0.3) is 0 Å². The highest BCUT2D eigenvalue weighted by atomic mass is 16.5. The molecule has 180 valence electrons. The van der Waals surface area contributed by atoms with Crippen LogP contribution in [0.5, 0.6) is 5.88 Å². The molecule has 1 aromatic heterocycles. The minimum Gasteiger partial charge on any atom is -0.480 e. The summed E-state index contributed by atoms with van der Waals surface area (Å²) in [7, 11) is 0. The molecule has 3 heterocycles. The number of nitrogens with zero attached hydrogens (tertiary/aromatic N) is 3. The number of nitrogen functional groups attached to an aromatic ring is 1. The van der Waals surface area contributed by atoms with Crippen molar-refractivity contribution in [2.45, 2.75) is 70.4 Å². The number of hydrogen-bond acceptors (Lipinski definition) is 7. The van der Waals surface area contributed by atoms with Gasteiger partial charge in [0.25, 0.3) is 0 Å².